The summed E-state index contributed by atoms with van der Waals surface area (Å²) in [4.78, 5) is 25.0. The number of carbonyl (C=O) groups is 2. The molecule has 0 saturated heterocycles. The maximum absolute atomic E-state index is 13.0. The van der Waals surface area contributed by atoms with Crippen molar-refractivity contribution in [1.82, 2.24) is 0 Å². The number of hydrogen-bond acceptors (Lipinski definition) is 4. The molecule has 0 bridgehead atoms. The summed E-state index contributed by atoms with van der Waals surface area (Å²) in [6, 6.07) is 21.3. The van der Waals surface area contributed by atoms with Gasteiger partial charge in [0, 0.05) is 30.6 Å². The Kier molecular flexibility index (Phi) is 5.04. The van der Waals surface area contributed by atoms with Crippen molar-refractivity contribution in [3.05, 3.63) is 60.7 Å². The summed E-state index contributed by atoms with van der Waals surface area (Å²) in [7, 11) is -2.72. The molecule has 5 heteroatoms. The molecule has 4 nitrogen and oxygen atoms in total. The van der Waals surface area contributed by atoms with Gasteiger partial charge in [-0.15, -0.1) is 0 Å². The molecule has 0 amide bonds. The van der Waals surface area contributed by atoms with Crippen LogP contribution in [0.15, 0.2) is 60.7 Å². The number of ketones is 1. The third-order valence-electron chi connectivity index (χ3n) is 8.56. The highest BCUT2D eigenvalue weighted by Crippen LogP contribution is 2.76. The Morgan fingerprint density at radius 2 is 1.55 bits per heavy atom. The van der Waals surface area contributed by atoms with E-state index in [9.17, 15) is 9.59 Å². The first-order valence-corrected chi connectivity index (χ1v) is 14.0. The molecular formula is C28H34O4Si. The van der Waals surface area contributed by atoms with Gasteiger partial charge in [-0.1, -0.05) is 88.4 Å². The average Bonchev–Trinajstić information content (AvgIpc) is 3.31. The van der Waals surface area contributed by atoms with Gasteiger partial charge in [-0.2, -0.15) is 0 Å². The van der Waals surface area contributed by atoms with Gasteiger partial charge in [-0.05, 0) is 28.3 Å². The third kappa shape index (κ3) is 3.12. The highest BCUT2D eigenvalue weighted by atomic mass is 28.4. The fraction of sp³-hybridized carbons (Fsp3) is 0.500. The molecule has 174 valence electrons. The summed E-state index contributed by atoms with van der Waals surface area (Å²) in [5.41, 5.74) is -0.913. The zero-order chi connectivity index (χ0) is 23.6. The van der Waals surface area contributed by atoms with Gasteiger partial charge in [-0.25, -0.2) is 0 Å². The van der Waals surface area contributed by atoms with Crippen LogP contribution in [0.3, 0.4) is 0 Å². The summed E-state index contributed by atoms with van der Waals surface area (Å²) in [6.07, 6.45) is 1.81. The second-order valence-corrected chi connectivity index (χ2v) is 15.7. The van der Waals surface area contributed by atoms with Crippen molar-refractivity contribution in [1.29, 1.82) is 0 Å². The van der Waals surface area contributed by atoms with Gasteiger partial charge < -0.3 is 9.16 Å². The molecule has 3 aliphatic carbocycles. The van der Waals surface area contributed by atoms with Gasteiger partial charge in [0.1, 0.15) is 11.4 Å². The first kappa shape index (κ1) is 22.5. The summed E-state index contributed by atoms with van der Waals surface area (Å²) >= 11 is 0. The molecule has 3 aliphatic rings. The highest BCUT2D eigenvalue weighted by Gasteiger charge is 2.82. The quantitative estimate of drug-likeness (QED) is 0.492. The molecule has 0 heterocycles. The zero-order valence-corrected chi connectivity index (χ0v) is 21.3. The van der Waals surface area contributed by atoms with Gasteiger partial charge in [0.15, 0.2) is 0 Å². The third-order valence-corrected chi connectivity index (χ3v) is 13.6. The fourth-order valence-corrected chi connectivity index (χ4v) is 12.1. The molecule has 0 radical (unpaired) electrons. The van der Waals surface area contributed by atoms with Crippen molar-refractivity contribution >= 4 is 30.4 Å². The summed E-state index contributed by atoms with van der Waals surface area (Å²) in [5, 5.41) is 2.38. The van der Waals surface area contributed by atoms with Gasteiger partial charge in [0.2, 0.25) is 0 Å². The lowest BCUT2D eigenvalue weighted by molar-refractivity contribution is -0.168. The number of ether oxygens (including phenoxy) is 1. The van der Waals surface area contributed by atoms with E-state index >= 15 is 0 Å². The Morgan fingerprint density at radius 1 is 1.00 bits per heavy atom. The van der Waals surface area contributed by atoms with E-state index in [1.807, 2.05) is 0 Å². The normalized spacial score (nSPS) is 32.9. The van der Waals surface area contributed by atoms with E-state index in [0.717, 1.165) is 6.42 Å². The molecular weight excluding hydrogens is 428 g/mol. The van der Waals surface area contributed by atoms with E-state index in [1.54, 1.807) is 0 Å². The van der Waals surface area contributed by atoms with Gasteiger partial charge >= 0.3 is 5.97 Å². The smallest absolute Gasteiger partial charge is 0.303 e. The van der Waals surface area contributed by atoms with Crippen LogP contribution in [-0.2, 0) is 18.8 Å². The highest BCUT2D eigenvalue weighted by molar-refractivity contribution is 6.99. The van der Waals surface area contributed by atoms with Crippen LogP contribution in [0, 0.1) is 17.3 Å². The molecule has 3 saturated carbocycles. The van der Waals surface area contributed by atoms with E-state index in [4.69, 9.17) is 9.16 Å². The SMILES string of the molecule is CC(=O)O[C@]12CC[C@H](O[Si](c3ccccc3)(c3ccccc3)C(C)(C)C)[C@]3(C)C(C(=O)C1)[C@H]23. The molecule has 2 aromatic carbocycles. The molecule has 2 aromatic rings. The number of Topliss-reactive ketones (excluding diaryl/α,β-unsaturated/α-hetero) is 1. The number of benzene rings is 2. The van der Waals surface area contributed by atoms with Crippen LogP contribution in [0.1, 0.15) is 53.9 Å². The van der Waals surface area contributed by atoms with Gasteiger partial charge in [-0.3, -0.25) is 9.59 Å². The first-order valence-electron chi connectivity index (χ1n) is 12.1. The topological polar surface area (TPSA) is 52.6 Å². The molecule has 3 fully saturated rings. The Morgan fingerprint density at radius 3 is 2.03 bits per heavy atom. The van der Waals surface area contributed by atoms with E-state index in [-0.39, 0.29) is 40.1 Å². The van der Waals surface area contributed by atoms with Crippen LogP contribution in [0.2, 0.25) is 5.04 Å². The standard InChI is InChI=1S/C28H34O4Si/c1-19(29)31-28-17-16-23(27(5)24(25(27)28)22(30)18-28)32-33(26(2,3)4,20-12-8-6-9-13-20)21-14-10-7-11-15-21/h6-15,23-25H,16-18H2,1-5H3/t23-,24?,25-,27+,28+/m0/s1. The van der Waals surface area contributed by atoms with Crippen molar-refractivity contribution in [2.75, 3.05) is 0 Å². The number of hydrogen-bond donors (Lipinski definition) is 0. The minimum atomic E-state index is -2.72. The van der Waals surface area contributed by atoms with Crippen LogP contribution in [-0.4, -0.2) is 31.8 Å². The molecule has 33 heavy (non-hydrogen) atoms. The van der Waals surface area contributed by atoms with Crippen molar-refractivity contribution in [3.63, 3.8) is 0 Å². The monoisotopic (exact) mass is 462 g/mol. The minimum Gasteiger partial charge on any atom is -0.458 e. The van der Waals surface area contributed by atoms with Crippen LogP contribution in [0.25, 0.3) is 0 Å². The van der Waals surface area contributed by atoms with Crippen molar-refractivity contribution in [2.24, 2.45) is 17.3 Å². The molecule has 5 atom stereocenters. The molecule has 0 N–H and O–H groups in total. The number of carbonyl (C=O) groups excluding carboxylic acids is 2. The van der Waals surface area contributed by atoms with Crippen LogP contribution in [0.5, 0.6) is 0 Å². The maximum Gasteiger partial charge on any atom is 0.303 e. The molecule has 1 unspecified atom stereocenters. The lowest BCUT2D eigenvalue weighted by Gasteiger charge is -2.49. The molecule has 0 aromatic heterocycles. The fourth-order valence-electron chi connectivity index (χ4n) is 7.31. The Bertz CT molecular complexity index is 1040. The summed E-state index contributed by atoms with van der Waals surface area (Å²) in [6.45, 7) is 10.5. The van der Waals surface area contributed by atoms with E-state index in [2.05, 4.69) is 88.4 Å². The second kappa shape index (κ2) is 7.38. The van der Waals surface area contributed by atoms with Gasteiger partial charge in [0.25, 0.3) is 8.32 Å². The predicted molar refractivity (Wildman–Crippen MR) is 131 cm³/mol. The zero-order valence-electron chi connectivity index (χ0n) is 20.3. The summed E-state index contributed by atoms with van der Waals surface area (Å²) in [5.74, 6) is -0.0514. The minimum absolute atomic E-state index is 0.0493. The van der Waals surface area contributed by atoms with Crippen molar-refractivity contribution in [3.8, 4) is 0 Å². The second-order valence-electron chi connectivity index (χ2n) is 11.4. The molecule has 0 aliphatic heterocycles. The largest absolute Gasteiger partial charge is 0.458 e. The average molecular weight is 463 g/mol. The predicted octanol–water partition coefficient (Wildman–Crippen LogP) is 4.25. The van der Waals surface area contributed by atoms with Crippen molar-refractivity contribution in [2.45, 2.75) is 70.6 Å². The first-order chi connectivity index (χ1) is 15.6. The van der Waals surface area contributed by atoms with Crippen LogP contribution < -0.4 is 10.4 Å². The Labute approximate surface area is 197 Å². The number of esters is 1. The van der Waals surface area contributed by atoms with Gasteiger partial charge in [0.05, 0.1) is 6.10 Å². The number of fused-ring (bicyclic) bond motifs is 1. The number of rotatable bonds is 5. The van der Waals surface area contributed by atoms with E-state index in [1.165, 1.54) is 17.3 Å². The Hall–Kier alpha value is -2.24. The molecule has 5 rings (SSSR count). The van der Waals surface area contributed by atoms with Crippen LogP contribution in [0.4, 0.5) is 0 Å². The van der Waals surface area contributed by atoms with E-state index in [0.29, 0.717) is 12.8 Å². The van der Waals surface area contributed by atoms with E-state index < -0.39 is 13.9 Å². The lowest BCUT2D eigenvalue weighted by Crippen LogP contribution is -2.69. The lowest BCUT2D eigenvalue weighted by atomic mass is 9.74. The summed E-state index contributed by atoms with van der Waals surface area (Å²) < 4.78 is 13.3. The van der Waals surface area contributed by atoms with Crippen LogP contribution >= 0.6 is 0 Å². The molecule has 0 spiro atoms. The Balaban J connectivity index is 1.60. The maximum atomic E-state index is 13.0. The van der Waals surface area contributed by atoms with Crippen molar-refractivity contribution < 1.29 is 18.8 Å².